The van der Waals surface area contributed by atoms with Gasteiger partial charge in [-0.05, 0) is 37.3 Å². The predicted molar refractivity (Wildman–Crippen MR) is 80.2 cm³/mol. The summed E-state index contributed by atoms with van der Waals surface area (Å²) in [5.41, 5.74) is 0.953. The van der Waals surface area contributed by atoms with Crippen LogP contribution in [-0.2, 0) is 11.3 Å². The van der Waals surface area contributed by atoms with Crippen molar-refractivity contribution < 1.29 is 14.3 Å². The molecule has 0 aliphatic carbocycles. The number of carboxylic acid groups (broad SMARTS) is 1. The van der Waals surface area contributed by atoms with Crippen LogP contribution in [0.5, 0.6) is 0 Å². The largest absolute Gasteiger partial charge is 0.481 e. The van der Waals surface area contributed by atoms with Crippen LogP contribution in [0.1, 0.15) is 24.3 Å². The van der Waals surface area contributed by atoms with E-state index in [1.54, 1.807) is 11.3 Å². The molecule has 0 radical (unpaired) electrons. The first kappa shape index (κ1) is 14.3. The number of aromatic nitrogens is 1. The van der Waals surface area contributed by atoms with Crippen molar-refractivity contribution in [3.05, 3.63) is 29.0 Å². The number of rotatable bonds is 5. The van der Waals surface area contributed by atoms with Crippen LogP contribution < -0.4 is 0 Å². The third kappa shape index (κ3) is 3.33. The summed E-state index contributed by atoms with van der Waals surface area (Å²) in [7, 11) is 0. The molecule has 0 saturated carbocycles. The van der Waals surface area contributed by atoms with Gasteiger partial charge in [0.15, 0.2) is 0 Å². The molecule has 2 aromatic rings. The number of hydrogen-bond donors (Lipinski definition) is 1. The molecule has 0 amide bonds. The summed E-state index contributed by atoms with van der Waals surface area (Å²) < 4.78 is 5.74. The molecule has 3 rings (SSSR count). The van der Waals surface area contributed by atoms with Gasteiger partial charge >= 0.3 is 5.97 Å². The van der Waals surface area contributed by atoms with Gasteiger partial charge in [0.2, 0.25) is 5.89 Å². The van der Waals surface area contributed by atoms with Crippen molar-refractivity contribution in [3.63, 3.8) is 0 Å². The second-order valence-corrected chi connectivity index (χ2v) is 6.43. The third-order valence-electron chi connectivity index (χ3n) is 3.83. The normalized spacial score (nSPS) is 19.2. The van der Waals surface area contributed by atoms with Crippen molar-refractivity contribution in [1.29, 1.82) is 0 Å². The second kappa shape index (κ2) is 5.99. The van der Waals surface area contributed by atoms with Crippen molar-refractivity contribution in [3.8, 4) is 10.8 Å². The Morgan fingerprint density at radius 1 is 1.62 bits per heavy atom. The number of thiophene rings is 1. The number of carbonyl (C=O) groups is 1. The minimum atomic E-state index is -0.709. The van der Waals surface area contributed by atoms with E-state index in [0.29, 0.717) is 5.89 Å². The summed E-state index contributed by atoms with van der Waals surface area (Å²) in [5.74, 6) is 1.07. The number of aliphatic carboxylic acids is 1. The topological polar surface area (TPSA) is 66.6 Å². The molecule has 0 aromatic carbocycles. The van der Waals surface area contributed by atoms with Crippen LogP contribution >= 0.6 is 11.3 Å². The summed E-state index contributed by atoms with van der Waals surface area (Å²) in [6, 6.07) is 3.98. The first-order chi connectivity index (χ1) is 10.1. The van der Waals surface area contributed by atoms with Gasteiger partial charge < -0.3 is 9.52 Å². The first-order valence-corrected chi connectivity index (χ1v) is 7.94. The number of aryl methyl sites for hydroxylation is 1. The molecule has 1 fully saturated rings. The fraction of sp³-hybridized carbons (Fsp3) is 0.467. The van der Waals surface area contributed by atoms with Gasteiger partial charge in [0.25, 0.3) is 0 Å². The zero-order valence-electron chi connectivity index (χ0n) is 11.9. The molecule has 1 aliphatic heterocycles. The molecule has 0 spiro atoms. The smallest absolute Gasteiger partial charge is 0.303 e. The Hall–Kier alpha value is -1.66. The monoisotopic (exact) mass is 306 g/mol. The zero-order valence-corrected chi connectivity index (χ0v) is 12.7. The Balaban J connectivity index is 1.65. The van der Waals surface area contributed by atoms with E-state index < -0.39 is 5.97 Å². The van der Waals surface area contributed by atoms with Gasteiger partial charge in [0.05, 0.1) is 10.6 Å². The van der Waals surface area contributed by atoms with Crippen LogP contribution in [0.25, 0.3) is 10.8 Å². The number of nitrogens with zero attached hydrogens (tertiary/aromatic N) is 2. The molecular formula is C15H18N2O3S. The Morgan fingerprint density at radius 2 is 2.48 bits per heavy atom. The van der Waals surface area contributed by atoms with Crippen molar-refractivity contribution >= 4 is 17.3 Å². The average Bonchev–Trinajstić information content (AvgIpc) is 3.11. The van der Waals surface area contributed by atoms with Crippen molar-refractivity contribution in [2.45, 2.75) is 26.3 Å². The Morgan fingerprint density at radius 3 is 3.19 bits per heavy atom. The lowest BCUT2D eigenvalue weighted by molar-refractivity contribution is -0.138. The molecule has 3 heterocycles. The average molecular weight is 306 g/mol. The Bertz CT molecular complexity index is 621. The van der Waals surface area contributed by atoms with Crippen LogP contribution in [0.2, 0.25) is 0 Å². The number of hydrogen-bond acceptors (Lipinski definition) is 5. The highest BCUT2D eigenvalue weighted by molar-refractivity contribution is 7.13. The molecule has 1 aliphatic rings. The summed E-state index contributed by atoms with van der Waals surface area (Å²) >= 11 is 1.61. The predicted octanol–water partition coefficient (Wildman–Crippen LogP) is 3.01. The fourth-order valence-corrected chi connectivity index (χ4v) is 3.41. The molecule has 21 heavy (non-hydrogen) atoms. The van der Waals surface area contributed by atoms with Gasteiger partial charge in [-0.3, -0.25) is 9.69 Å². The van der Waals surface area contributed by atoms with E-state index in [1.807, 2.05) is 24.4 Å². The van der Waals surface area contributed by atoms with E-state index in [0.717, 1.165) is 42.4 Å². The molecule has 1 unspecified atom stereocenters. The maximum absolute atomic E-state index is 10.8. The lowest BCUT2D eigenvalue weighted by atomic mass is 10.1. The zero-order chi connectivity index (χ0) is 14.8. The first-order valence-electron chi connectivity index (χ1n) is 7.06. The van der Waals surface area contributed by atoms with Crippen LogP contribution in [0, 0.1) is 12.8 Å². The van der Waals surface area contributed by atoms with E-state index in [9.17, 15) is 4.79 Å². The van der Waals surface area contributed by atoms with Gasteiger partial charge in [-0.1, -0.05) is 6.07 Å². The van der Waals surface area contributed by atoms with Crippen LogP contribution in [0.15, 0.2) is 21.9 Å². The molecule has 1 saturated heterocycles. The maximum atomic E-state index is 10.8. The number of carboxylic acids is 1. The molecule has 1 atom stereocenters. The summed E-state index contributed by atoms with van der Waals surface area (Å²) in [4.78, 5) is 18.6. The lowest BCUT2D eigenvalue weighted by Crippen LogP contribution is -2.21. The minimum Gasteiger partial charge on any atom is -0.481 e. The van der Waals surface area contributed by atoms with Crippen LogP contribution in [0.3, 0.4) is 0 Å². The number of oxazole rings is 1. The summed E-state index contributed by atoms with van der Waals surface area (Å²) in [6.45, 7) is 4.42. The van der Waals surface area contributed by atoms with Gasteiger partial charge in [0.1, 0.15) is 5.76 Å². The molecule has 1 N–H and O–H groups in total. The lowest BCUT2D eigenvalue weighted by Gasteiger charge is -2.13. The highest BCUT2D eigenvalue weighted by atomic mass is 32.1. The summed E-state index contributed by atoms with van der Waals surface area (Å²) in [5, 5.41) is 10.9. The van der Waals surface area contributed by atoms with E-state index in [-0.39, 0.29) is 12.3 Å². The molecular weight excluding hydrogens is 288 g/mol. The second-order valence-electron chi connectivity index (χ2n) is 5.49. The molecule has 2 aromatic heterocycles. The molecule has 6 heteroatoms. The molecule has 112 valence electrons. The standard InChI is InChI=1S/C15H18N2O3S/c1-10-12(16-15(20-10)13-3-2-6-21-13)9-17-5-4-11(8-17)7-14(18)19/h2-3,6,11H,4-5,7-9H2,1H3,(H,18,19). The Kier molecular flexibility index (Phi) is 4.07. The highest BCUT2D eigenvalue weighted by Crippen LogP contribution is 2.27. The molecule has 0 bridgehead atoms. The van der Waals surface area contributed by atoms with E-state index in [2.05, 4.69) is 9.88 Å². The van der Waals surface area contributed by atoms with Crippen molar-refractivity contribution in [2.24, 2.45) is 5.92 Å². The molecule has 5 nitrogen and oxygen atoms in total. The van der Waals surface area contributed by atoms with Crippen LogP contribution in [-0.4, -0.2) is 34.0 Å². The van der Waals surface area contributed by atoms with Gasteiger partial charge in [-0.2, -0.15) is 0 Å². The van der Waals surface area contributed by atoms with Crippen molar-refractivity contribution in [2.75, 3.05) is 13.1 Å². The third-order valence-corrected chi connectivity index (χ3v) is 4.69. The quantitative estimate of drug-likeness (QED) is 0.919. The SMILES string of the molecule is Cc1oc(-c2cccs2)nc1CN1CCC(CC(=O)O)C1. The van der Waals surface area contributed by atoms with Crippen molar-refractivity contribution in [1.82, 2.24) is 9.88 Å². The van der Waals surface area contributed by atoms with E-state index >= 15 is 0 Å². The Labute approximate surface area is 127 Å². The highest BCUT2D eigenvalue weighted by Gasteiger charge is 2.26. The summed E-state index contributed by atoms with van der Waals surface area (Å²) in [6.07, 6.45) is 1.20. The van der Waals surface area contributed by atoms with Gasteiger partial charge in [0, 0.05) is 19.5 Å². The van der Waals surface area contributed by atoms with Gasteiger partial charge in [-0.25, -0.2) is 4.98 Å². The minimum absolute atomic E-state index is 0.256. The fourth-order valence-electron chi connectivity index (χ4n) is 2.76. The van der Waals surface area contributed by atoms with E-state index in [4.69, 9.17) is 9.52 Å². The maximum Gasteiger partial charge on any atom is 0.303 e. The van der Waals surface area contributed by atoms with E-state index in [1.165, 1.54) is 0 Å². The van der Waals surface area contributed by atoms with Crippen LogP contribution in [0.4, 0.5) is 0 Å². The van der Waals surface area contributed by atoms with Gasteiger partial charge in [-0.15, -0.1) is 11.3 Å². The number of likely N-dealkylation sites (tertiary alicyclic amines) is 1.